The van der Waals surface area contributed by atoms with Crippen molar-refractivity contribution in [1.82, 2.24) is 4.90 Å². The van der Waals surface area contributed by atoms with Gasteiger partial charge < -0.3 is 10.0 Å². The summed E-state index contributed by atoms with van der Waals surface area (Å²) in [6.07, 6.45) is 4.38. The van der Waals surface area contributed by atoms with Crippen LogP contribution in [0.4, 0.5) is 0 Å². The average Bonchev–Trinajstić information content (AvgIpc) is 2.11. The molecule has 0 aliphatic carbocycles. The molecule has 0 saturated carbocycles. The molecule has 0 heterocycles. The Morgan fingerprint density at radius 2 is 2.25 bits per heavy atom. The lowest BCUT2D eigenvalue weighted by Gasteiger charge is -2.12. The Morgan fingerprint density at radius 1 is 1.67 bits per heavy atom. The summed E-state index contributed by atoms with van der Waals surface area (Å²) in [5.41, 5.74) is 0.397. The third-order valence-electron chi connectivity index (χ3n) is 1.39. The zero-order chi connectivity index (χ0) is 9.56. The number of likely N-dealkylation sites (N-methyl/N-ethyl adjacent to an activating group) is 1. The van der Waals surface area contributed by atoms with Gasteiger partial charge in [-0.2, -0.15) is 0 Å². The van der Waals surface area contributed by atoms with Gasteiger partial charge in [-0.25, -0.2) is 0 Å². The van der Waals surface area contributed by atoms with Crippen LogP contribution in [0.25, 0.3) is 0 Å². The van der Waals surface area contributed by atoms with E-state index in [-0.39, 0.29) is 12.6 Å². The van der Waals surface area contributed by atoms with E-state index in [9.17, 15) is 4.79 Å². The molecule has 12 heavy (non-hydrogen) atoms. The van der Waals surface area contributed by atoms with Gasteiger partial charge in [0.15, 0.2) is 0 Å². The van der Waals surface area contributed by atoms with Crippen LogP contribution < -0.4 is 0 Å². The third-order valence-corrected chi connectivity index (χ3v) is 1.39. The van der Waals surface area contributed by atoms with E-state index in [0.29, 0.717) is 5.57 Å². The molecule has 0 saturated heterocycles. The summed E-state index contributed by atoms with van der Waals surface area (Å²) in [6, 6.07) is 0. The molecule has 0 aromatic carbocycles. The summed E-state index contributed by atoms with van der Waals surface area (Å²) < 4.78 is 0. The molecule has 0 aromatic heterocycles. The molecule has 0 fully saturated rings. The highest BCUT2D eigenvalue weighted by Gasteiger charge is 2.07. The molecule has 3 heteroatoms. The summed E-state index contributed by atoms with van der Waals surface area (Å²) in [4.78, 5) is 12.4. The number of carbonyl (C=O) groups is 1. The minimum Gasteiger partial charge on any atom is -0.376 e. The van der Waals surface area contributed by atoms with Crippen molar-refractivity contribution >= 4 is 5.91 Å². The molecule has 0 rings (SSSR count). The molecule has 0 radical (unpaired) electrons. The monoisotopic (exact) mass is 169 g/mol. The number of aliphatic hydroxyl groups excluding tert-OH is 1. The lowest BCUT2D eigenvalue weighted by Crippen LogP contribution is -2.27. The first-order chi connectivity index (χ1) is 5.63. The number of nitrogens with zero attached hydrogens (tertiary/aromatic N) is 1. The molecular weight excluding hydrogens is 154 g/mol. The molecule has 3 nitrogen and oxygen atoms in total. The van der Waals surface area contributed by atoms with Crippen molar-refractivity contribution in [3.05, 3.63) is 24.3 Å². The van der Waals surface area contributed by atoms with Crippen molar-refractivity contribution < 1.29 is 9.90 Å². The maximum Gasteiger partial charge on any atom is 0.254 e. The predicted molar refractivity (Wildman–Crippen MR) is 48.4 cm³/mol. The normalized spacial score (nSPS) is 10.2. The van der Waals surface area contributed by atoms with E-state index in [2.05, 4.69) is 6.58 Å². The number of rotatable bonds is 4. The molecule has 0 spiro atoms. The van der Waals surface area contributed by atoms with Crippen LogP contribution in [-0.2, 0) is 4.79 Å². The van der Waals surface area contributed by atoms with Crippen molar-refractivity contribution in [3.63, 3.8) is 0 Å². The van der Waals surface area contributed by atoms with Gasteiger partial charge in [-0.3, -0.25) is 4.79 Å². The Morgan fingerprint density at radius 3 is 2.67 bits per heavy atom. The molecule has 0 bridgehead atoms. The van der Waals surface area contributed by atoms with Gasteiger partial charge in [0, 0.05) is 12.6 Å². The lowest BCUT2D eigenvalue weighted by molar-refractivity contribution is -0.128. The molecule has 0 atom stereocenters. The minimum atomic E-state index is -0.280. The van der Waals surface area contributed by atoms with Gasteiger partial charge in [-0.15, -0.1) is 0 Å². The molecule has 1 N–H and O–H groups in total. The second-order valence-electron chi connectivity index (χ2n) is 2.48. The van der Waals surface area contributed by atoms with E-state index < -0.39 is 0 Å². The van der Waals surface area contributed by atoms with Crippen molar-refractivity contribution in [3.8, 4) is 0 Å². The van der Waals surface area contributed by atoms with Crippen molar-refractivity contribution in [1.29, 1.82) is 0 Å². The van der Waals surface area contributed by atoms with E-state index in [1.54, 1.807) is 6.08 Å². The third kappa shape index (κ3) is 3.34. The molecule has 0 aliphatic rings. The van der Waals surface area contributed by atoms with Crippen LogP contribution in [-0.4, -0.2) is 29.7 Å². The standard InChI is InChI=1S/C9H15NO2/c1-4-5-6-8(2)9(12)10(3)7-11/h5-6,11H,2,4,7H2,1,3H3/b6-5-. The number of hydrogen-bond donors (Lipinski definition) is 1. The second-order valence-corrected chi connectivity index (χ2v) is 2.48. The fourth-order valence-electron chi connectivity index (χ4n) is 0.641. The summed E-state index contributed by atoms with van der Waals surface area (Å²) in [5, 5.41) is 8.62. The molecule has 0 aliphatic heterocycles. The molecule has 68 valence electrons. The fourth-order valence-corrected chi connectivity index (χ4v) is 0.641. The topological polar surface area (TPSA) is 40.5 Å². The number of aliphatic hydroxyl groups is 1. The quantitative estimate of drug-likeness (QED) is 0.386. The van der Waals surface area contributed by atoms with Crippen LogP contribution in [0, 0.1) is 0 Å². The van der Waals surface area contributed by atoms with Gasteiger partial charge in [0.25, 0.3) is 5.91 Å². The Bertz CT molecular complexity index is 197. The fraction of sp³-hybridized carbons (Fsp3) is 0.444. The van der Waals surface area contributed by atoms with Crippen LogP contribution in [0.5, 0.6) is 0 Å². The Hall–Kier alpha value is -1.09. The Balaban J connectivity index is 4.11. The van der Waals surface area contributed by atoms with Crippen molar-refractivity contribution in [2.24, 2.45) is 0 Å². The highest BCUT2D eigenvalue weighted by Crippen LogP contribution is 1.99. The van der Waals surface area contributed by atoms with Gasteiger partial charge in [0.1, 0.15) is 6.73 Å². The van der Waals surface area contributed by atoms with Crippen LogP contribution in [0.3, 0.4) is 0 Å². The van der Waals surface area contributed by atoms with Crippen LogP contribution in [0.2, 0.25) is 0 Å². The highest BCUT2D eigenvalue weighted by molar-refractivity contribution is 5.95. The number of allylic oxidation sites excluding steroid dienone is 1. The van der Waals surface area contributed by atoms with Gasteiger partial charge in [0.2, 0.25) is 0 Å². The number of amides is 1. The smallest absolute Gasteiger partial charge is 0.254 e. The lowest BCUT2D eigenvalue weighted by atomic mass is 10.2. The summed E-state index contributed by atoms with van der Waals surface area (Å²) in [5.74, 6) is -0.248. The SMILES string of the molecule is C=C(/C=C\CC)C(=O)N(C)CO. The second kappa shape index (κ2) is 5.55. The first kappa shape index (κ1) is 10.9. The Kier molecular flexibility index (Phi) is 5.04. The summed E-state index contributed by atoms with van der Waals surface area (Å²) in [6.45, 7) is 5.27. The minimum absolute atomic E-state index is 0.248. The maximum atomic E-state index is 11.2. The summed E-state index contributed by atoms with van der Waals surface area (Å²) >= 11 is 0. The number of carbonyl (C=O) groups excluding carboxylic acids is 1. The first-order valence-corrected chi connectivity index (χ1v) is 3.85. The Labute approximate surface area is 73.0 Å². The van der Waals surface area contributed by atoms with E-state index in [1.165, 1.54) is 11.9 Å². The maximum absolute atomic E-state index is 11.2. The van der Waals surface area contributed by atoms with Gasteiger partial charge in [0.05, 0.1) is 0 Å². The van der Waals surface area contributed by atoms with E-state index in [1.807, 2.05) is 13.0 Å². The molecule has 0 aromatic rings. The van der Waals surface area contributed by atoms with E-state index in [0.717, 1.165) is 6.42 Å². The van der Waals surface area contributed by atoms with Gasteiger partial charge in [-0.05, 0) is 6.42 Å². The highest BCUT2D eigenvalue weighted by atomic mass is 16.3. The number of hydrogen-bond acceptors (Lipinski definition) is 2. The zero-order valence-corrected chi connectivity index (χ0v) is 7.58. The molecule has 1 amide bonds. The van der Waals surface area contributed by atoms with Crippen molar-refractivity contribution in [2.75, 3.05) is 13.8 Å². The van der Waals surface area contributed by atoms with Crippen molar-refractivity contribution in [2.45, 2.75) is 13.3 Å². The molecular formula is C9H15NO2. The van der Waals surface area contributed by atoms with Gasteiger partial charge >= 0.3 is 0 Å². The van der Waals surface area contributed by atoms with Crippen LogP contribution >= 0.6 is 0 Å². The molecule has 0 unspecified atom stereocenters. The van der Waals surface area contributed by atoms with Gasteiger partial charge in [-0.1, -0.05) is 25.7 Å². The average molecular weight is 169 g/mol. The van der Waals surface area contributed by atoms with Crippen LogP contribution in [0.15, 0.2) is 24.3 Å². The van der Waals surface area contributed by atoms with E-state index >= 15 is 0 Å². The predicted octanol–water partition coefficient (Wildman–Crippen LogP) is 0.917. The summed E-state index contributed by atoms with van der Waals surface area (Å²) in [7, 11) is 1.52. The largest absolute Gasteiger partial charge is 0.376 e. The first-order valence-electron chi connectivity index (χ1n) is 3.85. The zero-order valence-electron chi connectivity index (χ0n) is 7.58. The van der Waals surface area contributed by atoms with E-state index in [4.69, 9.17) is 5.11 Å². The van der Waals surface area contributed by atoms with Crippen LogP contribution in [0.1, 0.15) is 13.3 Å².